The van der Waals surface area contributed by atoms with Crippen molar-refractivity contribution in [2.24, 2.45) is 0 Å². The molecule has 0 atom stereocenters. The van der Waals surface area contributed by atoms with E-state index in [1.807, 2.05) is 36.1 Å². The van der Waals surface area contributed by atoms with Gasteiger partial charge < -0.3 is 9.80 Å². The summed E-state index contributed by atoms with van der Waals surface area (Å²) in [6.45, 7) is 3.78. The molecule has 0 radical (unpaired) electrons. The lowest BCUT2D eigenvalue weighted by Gasteiger charge is -2.21. The van der Waals surface area contributed by atoms with Gasteiger partial charge in [-0.15, -0.1) is 0 Å². The molecule has 2 amide bonds. The lowest BCUT2D eigenvalue weighted by Crippen LogP contribution is -2.37. The molecule has 1 fully saturated rings. The van der Waals surface area contributed by atoms with Gasteiger partial charge in [-0.25, -0.2) is 4.68 Å². The van der Waals surface area contributed by atoms with Crippen molar-refractivity contribution in [1.82, 2.24) is 19.6 Å². The Morgan fingerprint density at radius 2 is 2.20 bits per heavy atom. The van der Waals surface area contributed by atoms with Gasteiger partial charge in [0.2, 0.25) is 5.91 Å². The lowest BCUT2D eigenvalue weighted by molar-refractivity contribution is -0.127. The van der Waals surface area contributed by atoms with E-state index in [0.717, 1.165) is 28.8 Å². The number of benzene rings is 1. The number of rotatable bonds is 5. The highest BCUT2D eigenvalue weighted by Crippen LogP contribution is 2.19. The van der Waals surface area contributed by atoms with Crippen molar-refractivity contribution >= 4 is 27.7 Å². The third-order valence-electron chi connectivity index (χ3n) is 4.52. The van der Waals surface area contributed by atoms with Gasteiger partial charge in [0.05, 0.1) is 23.1 Å². The molecule has 0 unspecified atom stereocenters. The smallest absolute Gasteiger partial charge is 0.257 e. The summed E-state index contributed by atoms with van der Waals surface area (Å²) in [7, 11) is 1.76. The van der Waals surface area contributed by atoms with Gasteiger partial charge in [0.15, 0.2) is 0 Å². The minimum Gasteiger partial charge on any atom is -0.341 e. The molecule has 6 nitrogen and oxygen atoms in total. The van der Waals surface area contributed by atoms with E-state index in [9.17, 15) is 9.59 Å². The van der Waals surface area contributed by atoms with Crippen LogP contribution in [0.3, 0.4) is 0 Å². The molecule has 2 heterocycles. The van der Waals surface area contributed by atoms with Crippen molar-refractivity contribution in [3.8, 4) is 5.69 Å². The fourth-order valence-electron chi connectivity index (χ4n) is 3.01. The third-order valence-corrected chi connectivity index (χ3v) is 5.01. The zero-order valence-corrected chi connectivity index (χ0v) is 16.0. The number of carbonyl (C=O) groups is 2. The number of halogens is 1. The molecule has 1 aliphatic heterocycles. The van der Waals surface area contributed by atoms with E-state index in [1.165, 1.54) is 0 Å². The van der Waals surface area contributed by atoms with Crippen LogP contribution in [0.4, 0.5) is 0 Å². The SMILES string of the molecule is Cc1c(C(=O)N(C)CCN2CCCC2=O)cnn1-c1cccc(Br)c1. The summed E-state index contributed by atoms with van der Waals surface area (Å²) in [4.78, 5) is 27.9. The first-order valence-electron chi connectivity index (χ1n) is 8.31. The van der Waals surface area contributed by atoms with Crippen molar-refractivity contribution in [2.45, 2.75) is 19.8 Å². The predicted octanol–water partition coefficient (Wildman–Crippen LogP) is 2.64. The molecule has 7 heteroatoms. The minimum absolute atomic E-state index is 0.0783. The molecule has 25 heavy (non-hydrogen) atoms. The van der Waals surface area contributed by atoms with Gasteiger partial charge in [-0.3, -0.25) is 9.59 Å². The Bertz CT molecular complexity index is 802. The van der Waals surface area contributed by atoms with Crippen LogP contribution in [0.25, 0.3) is 5.69 Å². The van der Waals surface area contributed by atoms with Gasteiger partial charge >= 0.3 is 0 Å². The van der Waals surface area contributed by atoms with Crippen LogP contribution in [0, 0.1) is 6.92 Å². The molecule has 1 saturated heterocycles. The van der Waals surface area contributed by atoms with Crippen LogP contribution in [-0.4, -0.2) is 58.1 Å². The highest BCUT2D eigenvalue weighted by molar-refractivity contribution is 9.10. The molecule has 132 valence electrons. The predicted molar refractivity (Wildman–Crippen MR) is 98.8 cm³/mol. The molecule has 1 aromatic carbocycles. The average molecular weight is 405 g/mol. The molecule has 0 bridgehead atoms. The number of likely N-dealkylation sites (N-methyl/N-ethyl adjacent to an activating group) is 1. The van der Waals surface area contributed by atoms with Gasteiger partial charge in [0, 0.05) is 37.6 Å². The maximum Gasteiger partial charge on any atom is 0.257 e. The topological polar surface area (TPSA) is 58.4 Å². The second kappa shape index (κ2) is 7.39. The quantitative estimate of drug-likeness (QED) is 0.769. The molecule has 2 aromatic rings. The summed E-state index contributed by atoms with van der Waals surface area (Å²) in [6, 6.07) is 7.78. The molecule has 0 aliphatic carbocycles. The van der Waals surface area contributed by atoms with Crippen LogP contribution in [0.2, 0.25) is 0 Å². The average Bonchev–Trinajstić information content (AvgIpc) is 3.17. The number of amides is 2. The summed E-state index contributed by atoms with van der Waals surface area (Å²) < 4.78 is 2.72. The van der Waals surface area contributed by atoms with Crippen LogP contribution in [0.1, 0.15) is 28.9 Å². The minimum atomic E-state index is -0.0783. The summed E-state index contributed by atoms with van der Waals surface area (Å²) in [5, 5.41) is 4.36. The largest absolute Gasteiger partial charge is 0.341 e. The first-order chi connectivity index (χ1) is 12.0. The molecule has 1 aromatic heterocycles. The summed E-state index contributed by atoms with van der Waals surface area (Å²) in [6.07, 6.45) is 3.14. The number of hydrogen-bond donors (Lipinski definition) is 0. The maximum atomic E-state index is 12.7. The normalized spacial score (nSPS) is 14.2. The zero-order valence-electron chi connectivity index (χ0n) is 14.4. The highest BCUT2D eigenvalue weighted by Gasteiger charge is 2.22. The van der Waals surface area contributed by atoms with E-state index < -0.39 is 0 Å². The second-order valence-electron chi connectivity index (χ2n) is 6.25. The van der Waals surface area contributed by atoms with E-state index in [2.05, 4.69) is 21.0 Å². The number of aromatic nitrogens is 2. The van der Waals surface area contributed by atoms with Crippen molar-refractivity contribution in [2.75, 3.05) is 26.7 Å². The van der Waals surface area contributed by atoms with E-state index in [1.54, 1.807) is 22.8 Å². The Morgan fingerprint density at radius 1 is 1.40 bits per heavy atom. The van der Waals surface area contributed by atoms with E-state index in [-0.39, 0.29) is 11.8 Å². The standard InChI is InChI=1S/C18H21BrN4O2/c1-13-16(12-20-23(13)15-6-3-5-14(19)11-15)18(25)21(2)9-10-22-8-4-7-17(22)24/h3,5-6,11-12H,4,7-10H2,1-2H3. The maximum absolute atomic E-state index is 12.7. The molecule has 1 aliphatic rings. The molecule has 3 rings (SSSR count). The molecular weight excluding hydrogens is 384 g/mol. The van der Waals surface area contributed by atoms with E-state index >= 15 is 0 Å². The third kappa shape index (κ3) is 3.76. The van der Waals surface area contributed by atoms with Crippen LogP contribution in [0.5, 0.6) is 0 Å². The van der Waals surface area contributed by atoms with Gasteiger partial charge in [-0.1, -0.05) is 22.0 Å². The van der Waals surface area contributed by atoms with E-state index in [4.69, 9.17) is 0 Å². The molecular formula is C18H21BrN4O2. The summed E-state index contributed by atoms with van der Waals surface area (Å²) >= 11 is 3.45. The zero-order chi connectivity index (χ0) is 18.0. The first-order valence-corrected chi connectivity index (χ1v) is 9.10. The van der Waals surface area contributed by atoms with Crippen molar-refractivity contribution in [1.29, 1.82) is 0 Å². The molecule has 0 N–H and O–H groups in total. The summed E-state index contributed by atoms with van der Waals surface area (Å²) in [5.74, 6) is 0.102. The van der Waals surface area contributed by atoms with Gasteiger partial charge in [0.25, 0.3) is 5.91 Å². The summed E-state index contributed by atoms with van der Waals surface area (Å²) in [5.41, 5.74) is 2.28. The highest BCUT2D eigenvalue weighted by atomic mass is 79.9. The fraction of sp³-hybridized carbons (Fsp3) is 0.389. The number of likely N-dealkylation sites (tertiary alicyclic amines) is 1. The Balaban J connectivity index is 1.71. The second-order valence-corrected chi connectivity index (χ2v) is 7.16. The van der Waals surface area contributed by atoms with Crippen LogP contribution >= 0.6 is 15.9 Å². The van der Waals surface area contributed by atoms with Crippen molar-refractivity contribution < 1.29 is 9.59 Å². The van der Waals surface area contributed by atoms with Crippen molar-refractivity contribution in [3.63, 3.8) is 0 Å². The first kappa shape index (κ1) is 17.7. The van der Waals surface area contributed by atoms with Gasteiger partial charge in [-0.05, 0) is 31.5 Å². The van der Waals surface area contributed by atoms with Crippen LogP contribution in [0.15, 0.2) is 34.9 Å². The fourth-order valence-corrected chi connectivity index (χ4v) is 3.39. The Morgan fingerprint density at radius 3 is 2.88 bits per heavy atom. The van der Waals surface area contributed by atoms with Gasteiger partial charge in [-0.2, -0.15) is 5.10 Å². The number of nitrogens with zero attached hydrogens (tertiary/aromatic N) is 4. The molecule has 0 saturated carbocycles. The monoisotopic (exact) mass is 404 g/mol. The van der Waals surface area contributed by atoms with Crippen LogP contribution in [-0.2, 0) is 4.79 Å². The molecule has 0 spiro atoms. The number of carbonyl (C=O) groups excluding carboxylic acids is 2. The number of hydrogen-bond acceptors (Lipinski definition) is 3. The Kier molecular flexibility index (Phi) is 5.22. The van der Waals surface area contributed by atoms with Gasteiger partial charge in [0.1, 0.15) is 0 Å². The Hall–Kier alpha value is -2.15. The van der Waals surface area contributed by atoms with Crippen LogP contribution < -0.4 is 0 Å². The lowest BCUT2D eigenvalue weighted by atomic mass is 10.2. The van der Waals surface area contributed by atoms with Crippen molar-refractivity contribution in [3.05, 3.63) is 46.2 Å². The Labute approximate surface area is 155 Å². The van der Waals surface area contributed by atoms with E-state index in [0.29, 0.717) is 25.1 Å².